The molecular weight excluding hydrogens is 528 g/mol. The maximum atomic E-state index is 12.5. The smallest absolute Gasteiger partial charge is 0.306 e. The van der Waals surface area contributed by atoms with E-state index in [0.29, 0.717) is 19.3 Å². The standard InChI is InChI=1S/C36H68O6/c1-5-7-9-11-12-13-16-21-25-29-36(39)42-33(30-40-34(37)27-23-18-10-8-6-2)31-41-35(38)28-24-20-17-14-15-19-22-26-32(3)4/h32-33H,5-31H2,1-4H3/t33-/m1/s1. The fraction of sp³-hybridized carbons (Fsp3) is 0.917. The normalized spacial score (nSPS) is 11.9. The third-order valence-electron chi connectivity index (χ3n) is 7.79. The van der Waals surface area contributed by atoms with Crippen molar-refractivity contribution in [2.75, 3.05) is 13.2 Å². The minimum Gasteiger partial charge on any atom is -0.462 e. The van der Waals surface area contributed by atoms with Gasteiger partial charge in [0.1, 0.15) is 13.2 Å². The molecule has 0 aromatic heterocycles. The lowest BCUT2D eigenvalue weighted by molar-refractivity contribution is -0.167. The number of carbonyl (C=O) groups excluding carboxylic acids is 3. The summed E-state index contributed by atoms with van der Waals surface area (Å²) < 4.78 is 16.4. The van der Waals surface area contributed by atoms with Crippen LogP contribution in [0.15, 0.2) is 0 Å². The van der Waals surface area contributed by atoms with E-state index in [-0.39, 0.29) is 31.1 Å². The van der Waals surface area contributed by atoms with E-state index in [2.05, 4.69) is 27.7 Å². The number of rotatable bonds is 31. The van der Waals surface area contributed by atoms with Gasteiger partial charge < -0.3 is 14.2 Å². The van der Waals surface area contributed by atoms with Crippen molar-refractivity contribution in [3.8, 4) is 0 Å². The Bertz CT molecular complexity index is 632. The first-order valence-corrected chi connectivity index (χ1v) is 17.9. The molecule has 0 amide bonds. The number of ether oxygens (including phenoxy) is 3. The molecule has 6 heteroatoms. The van der Waals surface area contributed by atoms with Gasteiger partial charge in [0.25, 0.3) is 0 Å². The molecule has 0 bridgehead atoms. The summed E-state index contributed by atoms with van der Waals surface area (Å²) in [6.07, 6.45) is 25.5. The van der Waals surface area contributed by atoms with Crippen LogP contribution in [0.25, 0.3) is 0 Å². The Labute approximate surface area is 259 Å². The predicted octanol–water partition coefficient (Wildman–Crippen LogP) is 10.4. The molecule has 0 fully saturated rings. The second-order valence-electron chi connectivity index (χ2n) is 12.6. The Balaban J connectivity index is 4.31. The highest BCUT2D eigenvalue weighted by atomic mass is 16.6. The maximum Gasteiger partial charge on any atom is 0.306 e. The molecule has 0 heterocycles. The molecule has 0 aromatic carbocycles. The van der Waals surface area contributed by atoms with Crippen LogP contribution in [0.4, 0.5) is 0 Å². The Morgan fingerprint density at radius 3 is 1.17 bits per heavy atom. The largest absolute Gasteiger partial charge is 0.462 e. The van der Waals surface area contributed by atoms with Crippen LogP contribution in [0.5, 0.6) is 0 Å². The van der Waals surface area contributed by atoms with E-state index in [1.807, 2.05) is 0 Å². The van der Waals surface area contributed by atoms with Crippen molar-refractivity contribution in [1.82, 2.24) is 0 Å². The van der Waals surface area contributed by atoms with Gasteiger partial charge in [-0.1, -0.05) is 150 Å². The Kier molecular flexibility index (Phi) is 29.7. The summed E-state index contributed by atoms with van der Waals surface area (Å²) in [5, 5.41) is 0. The van der Waals surface area contributed by atoms with Gasteiger partial charge in [0.05, 0.1) is 0 Å². The maximum absolute atomic E-state index is 12.5. The average Bonchev–Trinajstić information content (AvgIpc) is 2.96. The van der Waals surface area contributed by atoms with Gasteiger partial charge in [0, 0.05) is 19.3 Å². The SMILES string of the molecule is CCCCCCCCCCCC(=O)O[C@H](COC(=O)CCCCCCC)COC(=O)CCCCCCCCCC(C)C. The van der Waals surface area contributed by atoms with Gasteiger partial charge >= 0.3 is 17.9 Å². The summed E-state index contributed by atoms with van der Waals surface area (Å²) in [6, 6.07) is 0. The molecule has 0 aliphatic rings. The van der Waals surface area contributed by atoms with Gasteiger partial charge in [-0.05, 0) is 25.2 Å². The van der Waals surface area contributed by atoms with Crippen LogP contribution in [0.3, 0.4) is 0 Å². The minimum absolute atomic E-state index is 0.0675. The number of carbonyl (C=O) groups is 3. The fourth-order valence-corrected chi connectivity index (χ4v) is 5.04. The fourth-order valence-electron chi connectivity index (χ4n) is 5.04. The van der Waals surface area contributed by atoms with E-state index in [1.54, 1.807) is 0 Å². The van der Waals surface area contributed by atoms with E-state index in [4.69, 9.17) is 14.2 Å². The first-order chi connectivity index (χ1) is 20.4. The molecule has 248 valence electrons. The number of hydrogen-bond donors (Lipinski definition) is 0. The van der Waals surface area contributed by atoms with Crippen LogP contribution in [0.1, 0.15) is 188 Å². The zero-order valence-corrected chi connectivity index (χ0v) is 28.2. The van der Waals surface area contributed by atoms with E-state index < -0.39 is 6.10 Å². The van der Waals surface area contributed by atoms with E-state index in [9.17, 15) is 14.4 Å². The molecule has 0 N–H and O–H groups in total. The summed E-state index contributed by atoms with van der Waals surface area (Å²) in [5.74, 6) is -0.106. The van der Waals surface area contributed by atoms with E-state index in [0.717, 1.165) is 70.1 Å². The number of esters is 3. The van der Waals surface area contributed by atoms with Gasteiger partial charge in [-0.3, -0.25) is 14.4 Å². The van der Waals surface area contributed by atoms with Crippen molar-refractivity contribution in [2.45, 2.75) is 194 Å². The molecule has 0 rings (SSSR count). The molecule has 0 spiro atoms. The van der Waals surface area contributed by atoms with Crippen molar-refractivity contribution in [1.29, 1.82) is 0 Å². The molecule has 0 saturated carbocycles. The predicted molar refractivity (Wildman–Crippen MR) is 173 cm³/mol. The van der Waals surface area contributed by atoms with Crippen molar-refractivity contribution in [2.24, 2.45) is 5.92 Å². The molecule has 0 unspecified atom stereocenters. The lowest BCUT2D eigenvalue weighted by Crippen LogP contribution is -2.30. The average molecular weight is 597 g/mol. The third-order valence-corrected chi connectivity index (χ3v) is 7.79. The summed E-state index contributed by atoms with van der Waals surface area (Å²) in [6.45, 7) is 8.80. The molecule has 0 aromatic rings. The second-order valence-corrected chi connectivity index (χ2v) is 12.6. The van der Waals surface area contributed by atoms with Gasteiger partial charge in [-0.25, -0.2) is 0 Å². The first kappa shape index (κ1) is 40.4. The van der Waals surface area contributed by atoms with Crippen LogP contribution < -0.4 is 0 Å². The van der Waals surface area contributed by atoms with Crippen LogP contribution in [0.2, 0.25) is 0 Å². The molecule has 0 saturated heterocycles. The summed E-state index contributed by atoms with van der Waals surface area (Å²) in [5.41, 5.74) is 0. The molecule has 0 radical (unpaired) electrons. The summed E-state index contributed by atoms with van der Waals surface area (Å²) >= 11 is 0. The van der Waals surface area contributed by atoms with Crippen molar-refractivity contribution in [3.63, 3.8) is 0 Å². The molecule has 6 nitrogen and oxygen atoms in total. The quantitative estimate of drug-likeness (QED) is 0.0450. The number of unbranched alkanes of at least 4 members (excludes halogenated alkanes) is 18. The van der Waals surface area contributed by atoms with Crippen LogP contribution in [0, 0.1) is 5.92 Å². The van der Waals surface area contributed by atoms with Crippen LogP contribution in [-0.2, 0) is 28.6 Å². The Hall–Kier alpha value is -1.59. The van der Waals surface area contributed by atoms with Gasteiger partial charge in [0.2, 0.25) is 0 Å². The minimum atomic E-state index is -0.755. The molecule has 1 atom stereocenters. The first-order valence-electron chi connectivity index (χ1n) is 17.9. The van der Waals surface area contributed by atoms with Gasteiger partial charge in [-0.2, -0.15) is 0 Å². The van der Waals surface area contributed by atoms with Gasteiger partial charge in [0.15, 0.2) is 6.10 Å². The second kappa shape index (κ2) is 30.9. The zero-order chi connectivity index (χ0) is 31.1. The Morgan fingerprint density at radius 2 is 0.786 bits per heavy atom. The summed E-state index contributed by atoms with van der Waals surface area (Å²) in [4.78, 5) is 37.0. The summed E-state index contributed by atoms with van der Waals surface area (Å²) in [7, 11) is 0. The lowest BCUT2D eigenvalue weighted by Gasteiger charge is -2.18. The highest BCUT2D eigenvalue weighted by molar-refractivity contribution is 5.71. The topological polar surface area (TPSA) is 78.9 Å². The van der Waals surface area contributed by atoms with Crippen molar-refractivity contribution in [3.05, 3.63) is 0 Å². The van der Waals surface area contributed by atoms with Crippen molar-refractivity contribution >= 4 is 17.9 Å². The Morgan fingerprint density at radius 1 is 0.452 bits per heavy atom. The highest BCUT2D eigenvalue weighted by Gasteiger charge is 2.19. The third kappa shape index (κ3) is 29.9. The molecule has 42 heavy (non-hydrogen) atoms. The van der Waals surface area contributed by atoms with E-state index >= 15 is 0 Å². The molecule has 0 aliphatic heterocycles. The molecular formula is C36H68O6. The van der Waals surface area contributed by atoms with Crippen LogP contribution in [-0.4, -0.2) is 37.2 Å². The monoisotopic (exact) mass is 597 g/mol. The highest BCUT2D eigenvalue weighted by Crippen LogP contribution is 2.14. The van der Waals surface area contributed by atoms with Gasteiger partial charge in [-0.15, -0.1) is 0 Å². The van der Waals surface area contributed by atoms with Crippen LogP contribution >= 0.6 is 0 Å². The molecule has 0 aliphatic carbocycles. The van der Waals surface area contributed by atoms with E-state index in [1.165, 1.54) is 77.0 Å². The van der Waals surface area contributed by atoms with Crippen molar-refractivity contribution < 1.29 is 28.6 Å². The number of hydrogen-bond acceptors (Lipinski definition) is 6. The lowest BCUT2D eigenvalue weighted by atomic mass is 10.0. The zero-order valence-electron chi connectivity index (χ0n) is 28.2.